The van der Waals surface area contributed by atoms with Crippen LogP contribution in [0.1, 0.15) is 18.4 Å². The lowest BCUT2D eigenvalue weighted by atomic mass is 10.1. The summed E-state index contributed by atoms with van der Waals surface area (Å²) in [7, 11) is 0. The van der Waals surface area contributed by atoms with E-state index in [4.69, 9.17) is 4.74 Å². The number of aryl methyl sites for hydroxylation is 1. The molecule has 25 heavy (non-hydrogen) atoms. The van der Waals surface area contributed by atoms with Crippen molar-refractivity contribution in [2.75, 3.05) is 29.9 Å². The van der Waals surface area contributed by atoms with E-state index in [9.17, 15) is 9.18 Å². The Bertz CT molecular complexity index is 776. The van der Waals surface area contributed by atoms with E-state index in [-0.39, 0.29) is 18.3 Å². The highest BCUT2D eigenvalue weighted by atomic mass is 79.9. The molecule has 0 spiro atoms. The van der Waals surface area contributed by atoms with Crippen molar-refractivity contribution in [3.8, 4) is 5.75 Å². The molecule has 1 aliphatic rings. The number of hydrogen-bond acceptors (Lipinski definition) is 3. The summed E-state index contributed by atoms with van der Waals surface area (Å²) in [6, 6.07) is 10.5. The number of carbonyl (C=O) groups is 1. The van der Waals surface area contributed by atoms with Crippen LogP contribution in [-0.2, 0) is 4.79 Å². The summed E-state index contributed by atoms with van der Waals surface area (Å²) in [5, 5.41) is 2.81. The van der Waals surface area contributed by atoms with E-state index >= 15 is 0 Å². The van der Waals surface area contributed by atoms with Crippen LogP contribution in [0.5, 0.6) is 5.75 Å². The van der Waals surface area contributed by atoms with E-state index in [1.54, 1.807) is 6.07 Å². The van der Waals surface area contributed by atoms with Gasteiger partial charge in [0.15, 0.2) is 18.2 Å². The fraction of sp³-hybridized carbons (Fsp3) is 0.316. The molecule has 1 amide bonds. The molecule has 0 saturated carbocycles. The number of halogens is 2. The van der Waals surface area contributed by atoms with E-state index in [2.05, 4.69) is 32.2 Å². The second-order valence-corrected chi connectivity index (χ2v) is 7.02. The van der Waals surface area contributed by atoms with Gasteiger partial charge in [0.05, 0.1) is 0 Å². The third-order valence-electron chi connectivity index (χ3n) is 4.21. The van der Waals surface area contributed by atoms with Gasteiger partial charge in [0.1, 0.15) is 0 Å². The summed E-state index contributed by atoms with van der Waals surface area (Å²) in [6.07, 6.45) is 2.45. The average Bonchev–Trinajstić information content (AvgIpc) is 3.10. The van der Waals surface area contributed by atoms with Crippen LogP contribution in [0, 0.1) is 12.7 Å². The largest absolute Gasteiger partial charge is 0.481 e. The number of benzene rings is 2. The number of nitrogens with zero attached hydrogens (tertiary/aromatic N) is 1. The van der Waals surface area contributed by atoms with E-state index in [1.165, 1.54) is 30.7 Å². The molecule has 1 saturated heterocycles. The zero-order valence-electron chi connectivity index (χ0n) is 14.0. The first-order chi connectivity index (χ1) is 12.0. The van der Waals surface area contributed by atoms with Gasteiger partial charge in [-0.3, -0.25) is 4.79 Å². The lowest BCUT2D eigenvalue weighted by Crippen LogP contribution is -2.21. The van der Waals surface area contributed by atoms with E-state index < -0.39 is 5.82 Å². The first-order valence-electron chi connectivity index (χ1n) is 8.26. The highest BCUT2D eigenvalue weighted by Crippen LogP contribution is 2.26. The van der Waals surface area contributed by atoms with E-state index in [0.29, 0.717) is 4.47 Å². The topological polar surface area (TPSA) is 41.6 Å². The third kappa shape index (κ3) is 4.51. The van der Waals surface area contributed by atoms with E-state index in [0.717, 1.165) is 24.3 Å². The highest BCUT2D eigenvalue weighted by Gasteiger charge is 2.14. The van der Waals surface area contributed by atoms with Gasteiger partial charge in [-0.05, 0) is 61.7 Å². The number of rotatable bonds is 5. The predicted octanol–water partition coefficient (Wildman–Crippen LogP) is 4.51. The standard InChI is InChI=1S/C19H20BrFN2O2/c1-13-10-15(23-8-2-3-9-23)5-6-17(13)22-19(24)12-25-18-7-4-14(20)11-16(18)21/h4-7,10-11H,2-3,8-9,12H2,1H3,(H,22,24). The molecule has 1 aliphatic heterocycles. The minimum absolute atomic E-state index is 0.0550. The van der Waals surface area contributed by atoms with Gasteiger partial charge in [0.25, 0.3) is 5.91 Å². The molecule has 1 heterocycles. The number of nitrogens with one attached hydrogen (secondary N) is 1. The molecule has 0 bridgehead atoms. The van der Waals surface area contributed by atoms with Crippen molar-refractivity contribution in [2.45, 2.75) is 19.8 Å². The SMILES string of the molecule is Cc1cc(N2CCCC2)ccc1NC(=O)COc1ccc(Br)cc1F. The van der Waals surface area contributed by atoms with Crippen LogP contribution in [0.25, 0.3) is 0 Å². The summed E-state index contributed by atoms with van der Waals surface area (Å²) in [4.78, 5) is 14.4. The normalized spacial score (nSPS) is 13.8. The van der Waals surface area contributed by atoms with Gasteiger partial charge in [0.2, 0.25) is 0 Å². The lowest BCUT2D eigenvalue weighted by molar-refractivity contribution is -0.118. The van der Waals surface area contributed by atoms with Crippen LogP contribution in [0.15, 0.2) is 40.9 Å². The fourth-order valence-electron chi connectivity index (χ4n) is 2.88. The van der Waals surface area contributed by atoms with Gasteiger partial charge in [0, 0.05) is 28.9 Å². The third-order valence-corrected chi connectivity index (χ3v) is 4.70. The van der Waals surface area contributed by atoms with Crippen molar-refractivity contribution in [1.82, 2.24) is 0 Å². The first kappa shape index (κ1) is 17.7. The molecule has 0 unspecified atom stereocenters. The van der Waals surface area contributed by atoms with Crippen molar-refractivity contribution < 1.29 is 13.9 Å². The molecular weight excluding hydrogens is 387 g/mol. The van der Waals surface area contributed by atoms with Crippen molar-refractivity contribution in [2.24, 2.45) is 0 Å². The Balaban J connectivity index is 1.58. The van der Waals surface area contributed by atoms with Crippen molar-refractivity contribution in [3.05, 3.63) is 52.3 Å². The zero-order valence-corrected chi connectivity index (χ0v) is 15.6. The Morgan fingerprint density at radius 1 is 1.24 bits per heavy atom. The van der Waals surface area contributed by atoms with Gasteiger partial charge in [-0.15, -0.1) is 0 Å². The van der Waals surface area contributed by atoms with Gasteiger partial charge >= 0.3 is 0 Å². The Labute approximate surface area is 155 Å². The van der Waals surface area contributed by atoms with Crippen molar-refractivity contribution in [1.29, 1.82) is 0 Å². The number of amides is 1. The molecule has 3 rings (SSSR count). The summed E-state index contributed by atoms with van der Waals surface area (Å²) in [6.45, 7) is 3.88. The molecule has 1 fully saturated rings. The first-order valence-corrected chi connectivity index (χ1v) is 9.05. The summed E-state index contributed by atoms with van der Waals surface area (Å²) in [5.41, 5.74) is 2.92. The maximum Gasteiger partial charge on any atom is 0.262 e. The molecule has 0 radical (unpaired) electrons. The molecule has 0 aromatic heterocycles. The Morgan fingerprint density at radius 3 is 2.68 bits per heavy atom. The van der Waals surface area contributed by atoms with Gasteiger partial charge in [-0.1, -0.05) is 15.9 Å². The minimum Gasteiger partial charge on any atom is -0.481 e. The summed E-state index contributed by atoms with van der Waals surface area (Å²) >= 11 is 3.18. The number of carbonyl (C=O) groups excluding carboxylic acids is 1. The van der Waals surface area contributed by atoms with Crippen LogP contribution >= 0.6 is 15.9 Å². The van der Waals surface area contributed by atoms with Crippen LogP contribution in [0.4, 0.5) is 15.8 Å². The minimum atomic E-state index is -0.506. The second-order valence-electron chi connectivity index (χ2n) is 6.10. The molecule has 2 aromatic carbocycles. The number of hydrogen-bond donors (Lipinski definition) is 1. The van der Waals surface area contributed by atoms with Gasteiger partial charge < -0.3 is 15.0 Å². The van der Waals surface area contributed by atoms with Crippen LogP contribution in [0.2, 0.25) is 0 Å². The lowest BCUT2D eigenvalue weighted by Gasteiger charge is -2.19. The summed E-state index contributed by atoms with van der Waals surface area (Å²) in [5.74, 6) is -0.771. The van der Waals surface area contributed by atoms with E-state index in [1.807, 2.05) is 19.1 Å². The monoisotopic (exact) mass is 406 g/mol. The molecule has 0 atom stereocenters. The molecule has 1 N–H and O–H groups in total. The average molecular weight is 407 g/mol. The molecule has 2 aromatic rings. The number of ether oxygens (including phenoxy) is 1. The van der Waals surface area contributed by atoms with Gasteiger partial charge in [-0.25, -0.2) is 4.39 Å². The Hall–Kier alpha value is -2.08. The van der Waals surface area contributed by atoms with Crippen LogP contribution in [-0.4, -0.2) is 25.6 Å². The van der Waals surface area contributed by atoms with Crippen LogP contribution in [0.3, 0.4) is 0 Å². The molecular formula is C19H20BrFN2O2. The molecule has 132 valence electrons. The molecule has 0 aliphatic carbocycles. The Morgan fingerprint density at radius 2 is 2.00 bits per heavy atom. The smallest absolute Gasteiger partial charge is 0.262 e. The maximum atomic E-state index is 13.7. The fourth-order valence-corrected chi connectivity index (χ4v) is 3.22. The van der Waals surface area contributed by atoms with Crippen molar-refractivity contribution in [3.63, 3.8) is 0 Å². The quantitative estimate of drug-likeness (QED) is 0.793. The van der Waals surface area contributed by atoms with Crippen LogP contribution < -0.4 is 15.0 Å². The maximum absolute atomic E-state index is 13.7. The van der Waals surface area contributed by atoms with Crippen molar-refractivity contribution >= 4 is 33.2 Å². The number of anilines is 2. The molecule has 4 nitrogen and oxygen atoms in total. The summed E-state index contributed by atoms with van der Waals surface area (Å²) < 4.78 is 19.6. The van der Waals surface area contributed by atoms with Gasteiger partial charge in [-0.2, -0.15) is 0 Å². The highest BCUT2D eigenvalue weighted by molar-refractivity contribution is 9.10. The predicted molar refractivity (Wildman–Crippen MR) is 101 cm³/mol. The zero-order chi connectivity index (χ0) is 17.8. The Kier molecular flexibility index (Phi) is 5.58. The second kappa shape index (κ2) is 7.87. The molecule has 6 heteroatoms.